The molecule has 0 aliphatic carbocycles. The number of unbranched alkanes of at least 4 members (excludes halogenated alkanes) is 10. The number of phosphoric acid groups is 2. The smallest absolute Gasteiger partial charge is 0.387 e. The van der Waals surface area contributed by atoms with E-state index in [2.05, 4.69) is 30.7 Å². The Kier molecular flexibility index (Phi) is 13.3. The molecule has 0 radical (unpaired) electrons. The molecule has 1 aliphatic rings. The van der Waals surface area contributed by atoms with E-state index in [0.29, 0.717) is 6.42 Å². The van der Waals surface area contributed by atoms with Crippen LogP contribution in [0.5, 0.6) is 0 Å². The van der Waals surface area contributed by atoms with E-state index in [1.165, 1.54) is 55.7 Å². The van der Waals surface area contributed by atoms with Crippen molar-refractivity contribution in [3.8, 4) is 0 Å². The molecule has 6 atom stereocenters. The number of nitrogens with two attached hydrogens (primary N) is 1. The van der Waals surface area contributed by atoms with Crippen molar-refractivity contribution in [1.29, 1.82) is 0 Å². The summed E-state index contributed by atoms with van der Waals surface area (Å²) in [7, 11) is -10.6. The van der Waals surface area contributed by atoms with Gasteiger partial charge in [0.25, 0.3) is 0 Å². The number of nitrogen functional groups attached to an aromatic ring is 1. The minimum atomic E-state index is -5.30. The number of nitrogens with zero attached hydrogens (tertiary/aromatic N) is 4. The molecule has 0 spiro atoms. The summed E-state index contributed by atoms with van der Waals surface area (Å²) in [6.45, 7) is 1.35. The Morgan fingerprint density at radius 2 is 1.57 bits per heavy atom. The molecular weight excluding hydrogens is 596 g/mol. The van der Waals surface area contributed by atoms with Crippen LogP contribution in [0.15, 0.2) is 12.7 Å². The maximum absolute atomic E-state index is 12.3. The topological polar surface area (TPSA) is 239 Å². The van der Waals surface area contributed by atoms with Gasteiger partial charge in [0.1, 0.15) is 30.2 Å². The molecule has 2 aromatic rings. The number of imidazole rings is 1. The van der Waals surface area contributed by atoms with Crippen LogP contribution in [0.3, 0.4) is 0 Å². The van der Waals surface area contributed by atoms with Gasteiger partial charge >= 0.3 is 21.6 Å². The zero-order chi connectivity index (χ0) is 30.8. The summed E-state index contributed by atoms with van der Waals surface area (Å²) in [6, 6.07) is 0. The maximum Gasteiger partial charge on any atom is 0.538 e. The number of aliphatic hydroxyl groups excluding tert-OH is 2. The number of aromatic nitrogens is 4. The van der Waals surface area contributed by atoms with Gasteiger partial charge in [-0.3, -0.25) is 18.8 Å². The number of carbonyl (C=O) groups is 1. The Morgan fingerprint density at radius 1 is 0.952 bits per heavy atom. The predicted molar refractivity (Wildman–Crippen MR) is 150 cm³/mol. The summed E-state index contributed by atoms with van der Waals surface area (Å²) in [5.74, 6) is -0.979. The number of ether oxygens (including phenoxy) is 1. The molecule has 1 aliphatic heterocycles. The number of fused-ring (bicyclic) bond motifs is 1. The fourth-order valence-corrected chi connectivity index (χ4v) is 6.65. The summed E-state index contributed by atoms with van der Waals surface area (Å²) in [6.07, 6.45) is 8.19. The van der Waals surface area contributed by atoms with Crippen molar-refractivity contribution >= 4 is 38.6 Å². The largest absolute Gasteiger partial charge is 0.538 e. The van der Waals surface area contributed by atoms with Gasteiger partial charge in [0.15, 0.2) is 17.7 Å². The van der Waals surface area contributed by atoms with E-state index in [-0.39, 0.29) is 23.4 Å². The van der Waals surface area contributed by atoms with Gasteiger partial charge in [-0.1, -0.05) is 71.1 Å². The second-order valence-electron chi connectivity index (χ2n) is 10.2. The number of hydrogen-bond acceptors (Lipinski definition) is 13. The number of phosphoric ester groups is 2. The number of aliphatic hydroxyl groups is 2. The Bertz CT molecular complexity index is 1250. The van der Waals surface area contributed by atoms with Crippen LogP contribution in [0.4, 0.5) is 5.82 Å². The van der Waals surface area contributed by atoms with Crippen LogP contribution in [-0.2, 0) is 32.0 Å². The SMILES string of the molecule is CCCCCCCCCCCCCC(=O)OP(=O)(O)OP(=O)(O)OC[C@H]1O[C@@H](n2cnc3c(N)ncnc32)[C@H](O)[C@@H]1O. The number of carbonyl (C=O) groups excluding carboxylic acids is 1. The second kappa shape index (κ2) is 16.2. The lowest BCUT2D eigenvalue weighted by Gasteiger charge is -2.19. The van der Waals surface area contributed by atoms with Gasteiger partial charge in [0.2, 0.25) is 0 Å². The van der Waals surface area contributed by atoms with Crippen molar-refractivity contribution < 1.29 is 52.0 Å². The lowest BCUT2D eigenvalue weighted by atomic mass is 10.1. The Morgan fingerprint density at radius 3 is 2.21 bits per heavy atom. The molecule has 0 aromatic carbocycles. The summed E-state index contributed by atoms with van der Waals surface area (Å²) in [5, 5.41) is 20.8. The highest BCUT2D eigenvalue weighted by Crippen LogP contribution is 2.60. The highest BCUT2D eigenvalue weighted by Gasteiger charge is 2.46. The highest BCUT2D eigenvalue weighted by atomic mass is 31.3. The van der Waals surface area contributed by atoms with Crippen LogP contribution >= 0.6 is 15.6 Å². The standard InChI is InChI=1S/C24H41N5O11P2/c1-2-3-4-5-6-7-8-9-10-11-12-13-18(30)39-42(35,36)40-41(33,34)37-14-17-20(31)21(32)24(38-17)29-16-28-19-22(25)26-15-27-23(19)29/h15-17,20-21,24,31-32H,2-14H2,1H3,(H,33,34)(H,35,36)(H2,25,26,27)/t17-,20-,21-,24-/m1/s1. The molecule has 18 heteroatoms. The first-order chi connectivity index (χ1) is 19.9. The maximum atomic E-state index is 12.3. The summed E-state index contributed by atoms with van der Waals surface area (Å²) in [4.78, 5) is 43.6. The van der Waals surface area contributed by atoms with Crippen molar-refractivity contribution in [2.75, 3.05) is 12.3 Å². The van der Waals surface area contributed by atoms with E-state index >= 15 is 0 Å². The van der Waals surface area contributed by atoms with Crippen LogP contribution in [0.25, 0.3) is 11.2 Å². The predicted octanol–water partition coefficient (Wildman–Crippen LogP) is 3.51. The third kappa shape index (κ3) is 10.3. The Labute approximate surface area is 243 Å². The number of rotatable bonds is 19. The molecule has 0 bridgehead atoms. The lowest BCUT2D eigenvalue weighted by Crippen LogP contribution is -2.33. The zero-order valence-electron chi connectivity index (χ0n) is 23.6. The van der Waals surface area contributed by atoms with Gasteiger partial charge in [0.05, 0.1) is 12.9 Å². The third-order valence-corrected chi connectivity index (χ3v) is 9.37. The van der Waals surface area contributed by atoms with Crippen molar-refractivity contribution in [3.05, 3.63) is 12.7 Å². The first-order valence-electron chi connectivity index (χ1n) is 14.1. The van der Waals surface area contributed by atoms with E-state index in [9.17, 15) is 33.9 Å². The average molecular weight is 638 g/mol. The number of hydrogen-bond donors (Lipinski definition) is 5. The quantitative estimate of drug-likeness (QED) is 0.109. The molecule has 3 heterocycles. The van der Waals surface area contributed by atoms with Gasteiger partial charge in [-0.15, -0.1) is 0 Å². The molecule has 0 saturated carbocycles. The van der Waals surface area contributed by atoms with Gasteiger partial charge in [0, 0.05) is 6.42 Å². The minimum absolute atomic E-state index is 0.0815. The molecule has 6 N–H and O–H groups in total. The monoisotopic (exact) mass is 637 g/mol. The molecular formula is C24H41N5O11P2. The molecule has 1 fully saturated rings. The minimum Gasteiger partial charge on any atom is -0.387 e. The summed E-state index contributed by atoms with van der Waals surface area (Å²) in [5.41, 5.74) is 6.18. The lowest BCUT2D eigenvalue weighted by molar-refractivity contribution is -0.135. The van der Waals surface area contributed by atoms with Crippen molar-refractivity contribution in [3.63, 3.8) is 0 Å². The third-order valence-electron chi connectivity index (χ3n) is 6.81. The first-order valence-corrected chi connectivity index (χ1v) is 17.1. The summed E-state index contributed by atoms with van der Waals surface area (Å²) < 4.78 is 44.5. The van der Waals surface area contributed by atoms with E-state index in [1.807, 2.05) is 0 Å². The van der Waals surface area contributed by atoms with Crippen molar-refractivity contribution in [2.24, 2.45) is 0 Å². The molecule has 0 amide bonds. The van der Waals surface area contributed by atoms with Crippen molar-refractivity contribution in [1.82, 2.24) is 19.5 Å². The molecule has 2 unspecified atom stereocenters. The van der Waals surface area contributed by atoms with Crippen LogP contribution in [0, 0.1) is 0 Å². The normalized spacial score (nSPS) is 23.5. The first kappa shape index (κ1) is 34.5. The van der Waals surface area contributed by atoms with Crippen molar-refractivity contribution in [2.45, 2.75) is 109 Å². The van der Waals surface area contributed by atoms with Crippen LogP contribution < -0.4 is 5.73 Å². The van der Waals surface area contributed by atoms with Gasteiger partial charge in [-0.25, -0.2) is 24.1 Å². The second-order valence-corrected chi connectivity index (χ2v) is 13.2. The fourth-order valence-electron chi connectivity index (χ4n) is 4.60. The highest BCUT2D eigenvalue weighted by molar-refractivity contribution is 7.61. The van der Waals surface area contributed by atoms with E-state index in [4.69, 9.17) is 15.0 Å². The van der Waals surface area contributed by atoms with Gasteiger partial charge in [-0.2, -0.15) is 4.31 Å². The fraction of sp³-hybridized carbons (Fsp3) is 0.750. The Balaban J connectivity index is 1.37. The van der Waals surface area contributed by atoms with E-state index in [0.717, 1.165) is 25.7 Å². The van der Waals surface area contributed by atoms with Crippen LogP contribution in [0.1, 0.15) is 90.2 Å². The molecule has 1 saturated heterocycles. The Hall–Kier alpha value is -2.00. The van der Waals surface area contributed by atoms with Crippen LogP contribution in [-0.4, -0.2) is 70.4 Å². The molecule has 238 valence electrons. The number of anilines is 1. The van der Waals surface area contributed by atoms with Gasteiger partial charge < -0.3 is 30.1 Å². The van der Waals surface area contributed by atoms with E-state index in [1.54, 1.807) is 0 Å². The van der Waals surface area contributed by atoms with Crippen LogP contribution in [0.2, 0.25) is 0 Å². The zero-order valence-corrected chi connectivity index (χ0v) is 25.4. The molecule has 2 aromatic heterocycles. The molecule has 42 heavy (non-hydrogen) atoms. The molecule has 16 nitrogen and oxygen atoms in total. The van der Waals surface area contributed by atoms with E-state index < -0.39 is 52.8 Å². The average Bonchev–Trinajstić information content (AvgIpc) is 3.46. The molecule has 3 rings (SSSR count). The van der Waals surface area contributed by atoms with Gasteiger partial charge in [-0.05, 0) is 6.42 Å². The summed E-state index contributed by atoms with van der Waals surface area (Å²) >= 11 is 0.